The molecule has 1 aliphatic rings. The van der Waals surface area contributed by atoms with E-state index in [0.717, 1.165) is 5.69 Å². The molecule has 0 saturated carbocycles. The van der Waals surface area contributed by atoms with Gasteiger partial charge in [-0.2, -0.15) is 0 Å². The lowest BCUT2D eigenvalue weighted by Gasteiger charge is -2.19. The summed E-state index contributed by atoms with van der Waals surface area (Å²) in [5, 5.41) is 2.79. The Morgan fingerprint density at radius 2 is 1.79 bits per heavy atom. The standard InChI is InChI=1S/C18H18N2O4/c1-12(21)14-8-16-17(24-11-23-16)9-15(14)19-18(22)10-20(2)13-6-4-3-5-7-13/h3-9H,10-11H2,1-2H3,(H,19,22). The van der Waals surface area contributed by atoms with Gasteiger partial charge in [0, 0.05) is 24.4 Å². The Labute approximate surface area is 140 Å². The minimum Gasteiger partial charge on any atom is -0.454 e. The number of Topliss-reactive ketones (excluding diaryl/α,β-unsaturated/α-hetero) is 1. The average Bonchev–Trinajstić information content (AvgIpc) is 3.02. The third kappa shape index (κ3) is 3.32. The molecule has 3 rings (SSSR count). The van der Waals surface area contributed by atoms with Crippen molar-refractivity contribution >= 4 is 23.1 Å². The van der Waals surface area contributed by atoms with Crippen LogP contribution in [0, 0.1) is 0 Å². The zero-order valence-electron chi connectivity index (χ0n) is 13.5. The van der Waals surface area contributed by atoms with E-state index in [4.69, 9.17) is 9.47 Å². The van der Waals surface area contributed by atoms with Gasteiger partial charge >= 0.3 is 0 Å². The molecule has 1 heterocycles. The smallest absolute Gasteiger partial charge is 0.243 e. The van der Waals surface area contributed by atoms with E-state index in [-0.39, 0.29) is 25.0 Å². The lowest BCUT2D eigenvalue weighted by molar-refractivity contribution is -0.114. The third-order valence-corrected chi connectivity index (χ3v) is 3.74. The number of carbonyl (C=O) groups is 2. The van der Waals surface area contributed by atoms with Crippen LogP contribution < -0.4 is 19.7 Å². The number of nitrogens with one attached hydrogen (secondary N) is 1. The number of ether oxygens (including phenoxy) is 2. The van der Waals surface area contributed by atoms with E-state index >= 15 is 0 Å². The number of likely N-dealkylation sites (N-methyl/N-ethyl adjacent to an activating group) is 1. The third-order valence-electron chi connectivity index (χ3n) is 3.74. The zero-order chi connectivity index (χ0) is 17.1. The number of benzene rings is 2. The Morgan fingerprint density at radius 3 is 2.46 bits per heavy atom. The van der Waals surface area contributed by atoms with Crippen molar-refractivity contribution < 1.29 is 19.1 Å². The Hall–Kier alpha value is -3.02. The molecule has 0 atom stereocenters. The molecule has 2 aromatic rings. The summed E-state index contributed by atoms with van der Waals surface area (Å²) in [6, 6.07) is 12.8. The molecule has 2 aromatic carbocycles. The number of para-hydroxylation sites is 1. The fourth-order valence-electron chi connectivity index (χ4n) is 2.52. The highest BCUT2D eigenvalue weighted by atomic mass is 16.7. The second-order valence-corrected chi connectivity index (χ2v) is 5.55. The maximum atomic E-state index is 12.3. The highest BCUT2D eigenvalue weighted by Crippen LogP contribution is 2.37. The Bertz CT molecular complexity index is 774. The topological polar surface area (TPSA) is 67.9 Å². The quantitative estimate of drug-likeness (QED) is 0.856. The van der Waals surface area contributed by atoms with Gasteiger partial charge in [0.2, 0.25) is 12.7 Å². The van der Waals surface area contributed by atoms with Crippen LogP contribution in [0.2, 0.25) is 0 Å². The number of anilines is 2. The monoisotopic (exact) mass is 326 g/mol. The molecule has 0 spiro atoms. The van der Waals surface area contributed by atoms with Crippen LogP contribution in [-0.2, 0) is 4.79 Å². The maximum absolute atomic E-state index is 12.3. The molecule has 0 radical (unpaired) electrons. The van der Waals surface area contributed by atoms with Gasteiger partial charge in [-0.1, -0.05) is 18.2 Å². The molecule has 0 aliphatic carbocycles. The van der Waals surface area contributed by atoms with E-state index in [2.05, 4.69) is 5.32 Å². The second kappa shape index (κ2) is 6.62. The number of hydrogen-bond acceptors (Lipinski definition) is 5. The van der Waals surface area contributed by atoms with Crippen LogP contribution in [0.25, 0.3) is 0 Å². The molecule has 0 saturated heterocycles. The van der Waals surface area contributed by atoms with Crippen molar-refractivity contribution in [3.05, 3.63) is 48.0 Å². The zero-order valence-corrected chi connectivity index (χ0v) is 13.5. The Balaban J connectivity index is 1.75. The first-order valence-electron chi connectivity index (χ1n) is 7.55. The summed E-state index contributed by atoms with van der Waals surface area (Å²) in [6.07, 6.45) is 0. The molecule has 6 heteroatoms. The van der Waals surface area contributed by atoms with Gasteiger partial charge in [0.1, 0.15) is 0 Å². The van der Waals surface area contributed by atoms with E-state index in [9.17, 15) is 9.59 Å². The molecule has 0 fully saturated rings. The highest BCUT2D eigenvalue weighted by Gasteiger charge is 2.20. The van der Waals surface area contributed by atoms with Gasteiger partial charge in [-0.05, 0) is 25.1 Å². The molecule has 0 aromatic heterocycles. The largest absolute Gasteiger partial charge is 0.454 e. The van der Waals surface area contributed by atoms with Crippen LogP contribution in [0.4, 0.5) is 11.4 Å². The number of carbonyl (C=O) groups excluding carboxylic acids is 2. The van der Waals surface area contributed by atoms with E-state index in [1.165, 1.54) is 6.92 Å². The number of hydrogen-bond donors (Lipinski definition) is 1. The Morgan fingerprint density at radius 1 is 1.12 bits per heavy atom. The summed E-state index contributed by atoms with van der Waals surface area (Å²) in [4.78, 5) is 26.0. The van der Waals surface area contributed by atoms with Gasteiger partial charge in [0.25, 0.3) is 0 Å². The average molecular weight is 326 g/mol. The van der Waals surface area contributed by atoms with Crippen molar-refractivity contribution in [2.75, 3.05) is 30.6 Å². The van der Waals surface area contributed by atoms with Crippen LogP contribution in [0.5, 0.6) is 11.5 Å². The van der Waals surface area contributed by atoms with Crippen molar-refractivity contribution in [1.29, 1.82) is 0 Å². The van der Waals surface area contributed by atoms with E-state index in [0.29, 0.717) is 22.7 Å². The van der Waals surface area contributed by atoms with Crippen molar-refractivity contribution in [1.82, 2.24) is 0 Å². The number of fused-ring (bicyclic) bond motifs is 1. The van der Waals surface area contributed by atoms with Crippen molar-refractivity contribution in [2.24, 2.45) is 0 Å². The predicted molar refractivity (Wildman–Crippen MR) is 90.9 cm³/mol. The van der Waals surface area contributed by atoms with Crippen LogP contribution >= 0.6 is 0 Å². The first-order valence-corrected chi connectivity index (χ1v) is 7.55. The van der Waals surface area contributed by atoms with Gasteiger partial charge < -0.3 is 19.7 Å². The van der Waals surface area contributed by atoms with Crippen molar-refractivity contribution in [3.8, 4) is 11.5 Å². The number of nitrogens with zero attached hydrogens (tertiary/aromatic N) is 1. The normalized spacial score (nSPS) is 11.9. The van der Waals surface area contributed by atoms with Crippen LogP contribution in [0.15, 0.2) is 42.5 Å². The fourth-order valence-corrected chi connectivity index (χ4v) is 2.52. The molecule has 0 bridgehead atoms. The second-order valence-electron chi connectivity index (χ2n) is 5.55. The minimum atomic E-state index is -0.220. The van der Waals surface area contributed by atoms with E-state index < -0.39 is 0 Å². The van der Waals surface area contributed by atoms with E-state index in [1.54, 1.807) is 12.1 Å². The van der Waals surface area contributed by atoms with Crippen molar-refractivity contribution in [3.63, 3.8) is 0 Å². The molecule has 124 valence electrons. The summed E-state index contributed by atoms with van der Waals surface area (Å²) < 4.78 is 10.6. The van der Waals surface area contributed by atoms with Gasteiger partial charge in [-0.3, -0.25) is 9.59 Å². The summed E-state index contributed by atoms with van der Waals surface area (Å²) in [6.45, 7) is 1.72. The highest BCUT2D eigenvalue weighted by molar-refractivity contribution is 6.05. The van der Waals surface area contributed by atoms with Crippen LogP contribution in [0.3, 0.4) is 0 Å². The van der Waals surface area contributed by atoms with Crippen LogP contribution in [-0.4, -0.2) is 32.1 Å². The maximum Gasteiger partial charge on any atom is 0.243 e. The van der Waals surface area contributed by atoms with Gasteiger partial charge in [-0.25, -0.2) is 0 Å². The summed E-state index contributed by atoms with van der Waals surface area (Å²) in [5.74, 6) is 0.661. The molecule has 1 N–H and O–H groups in total. The molecule has 0 unspecified atom stereocenters. The van der Waals surface area contributed by atoms with Gasteiger partial charge in [0.15, 0.2) is 17.3 Å². The molecule has 1 aliphatic heterocycles. The minimum absolute atomic E-state index is 0.112. The Kier molecular flexibility index (Phi) is 4.37. The predicted octanol–water partition coefficient (Wildman–Crippen LogP) is 2.69. The van der Waals surface area contributed by atoms with Crippen LogP contribution in [0.1, 0.15) is 17.3 Å². The molecular formula is C18H18N2O4. The molecule has 24 heavy (non-hydrogen) atoms. The lowest BCUT2D eigenvalue weighted by atomic mass is 10.1. The first kappa shape index (κ1) is 15.9. The molecule has 1 amide bonds. The number of amides is 1. The van der Waals surface area contributed by atoms with Gasteiger partial charge in [0.05, 0.1) is 12.2 Å². The number of ketones is 1. The SMILES string of the molecule is CC(=O)c1cc2c(cc1NC(=O)CN(C)c1ccccc1)OCO2. The number of rotatable bonds is 5. The summed E-state index contributed by atoms with van der Waals surface area (Å²) >= 11 is 0. The summed E-state index contributed by atoms with van der Waals surface area (Å²) in [7, 11) is 1.83. The van der Waals surface area contributed by atoms with Crippen molar-refractivity contribution in [2.45, 2.75) is 6.92 Å². The molecule has 6 nitrogen and oxygen atoms in total. The van der Waals surface area contributed by atoms with Gasteiger partial charge in [-0.15, -0.1) is 0 Å². The molecular weight excluding hydrogens is 308 g/mol. The summed E-state index contributed by atoms with van der Waals surface area (Å²) in [5.41, 5.74) is 1.76. The first-order chi connectivity index (χ1) is 11.5. The van der Waals surface area contributed by atoms with E-state index in [1.807, 2.05) is 42.3 Å². The lowest BCUT2D eigenvalue weighted by Crippen LogP contribution is -2.30. The fraction of sp³-hybridized carbons (Fsp3) is 0.222.